The Bertz CT molecular complexity index is 1110. The van der Waals surface area contributed by atoms with Crippen LogP contribution in [0, 0.1) is 0 Å². The summed E-state index contributed by atoms with van der Waals surface area (Å²) in [5, 5.41) is 8.28. The summed E-state index contributed by atoms with van der Waals surface area (Å²) >= 11 is 0. The van der Waals surface area contributed by atoms with Crippen LogP contribution in [-0.2, 0) is 22.2 Å². The molecule has 0 radical (unpaired) electrons. The lowest BCUT2D eigenvalue weighted by Crippen LogP contribution is -2.32. The van der Waals surface area contributed by atoms with Crippen molar-refractivity contribution in [3.8, 4) is 0 Å². The molecule has 1 saturated heterocycles. The zero-order chi connectivity index (χ0) is 21.0. The lowest BCUT2D eigenvalue weighted by molar-refractivity contribution is 0.597. The third-order valence-electron chi connectivity index (χ3n) is 5.06. The number of primary sulfonamides is 1. The van der Waals surface area contributed by atoms with E-state index in [1.54, 1.807) is 18.2 Å². The van der Waals surface area contributed by atoms with Crippen LogP contribution in [0.3, 0.4) is 0 Å². The fourth-order valence-electron chi connectivity index (χ4n) is 3.78. The number of rotatable bonds is 7. The van der Waals surface area contributed by atoms with Crippen LogP contribution in [0.2, 0.25) is 0 Å². The van der Waals surface area contributed by atoms with E-state index in [0.717, 1.165) is 25.8 Å². The second-order valence-electron chi connectivity index (χ2n) is 7.42. The van der Waals surface area contributed by atoms with Gasteiger partial charge in [0.05, 0.1) is 5.75 Å². The summed E-state index contributed by atoms with van der Waals surface area (Å²) in [6, 6.07) is 17.8. The molecule has 1 atom stereocenters. The number of aromatic nitrogens is 3. The first kappa shape index (κ1) is 20.2. The second-order valence-corrected chi connectivity index (χ2v) is 9.04. The minimum atomic E-state index is -3.59. The molecule has 0 bridgehead atoms. The van der Waals surface area contributed by atoms with E-state index in [9.17, 15) is 8.42 Å². The highest BCUT2D eigenvalue weighted by atomic mass is 32.2. The SMILES string of the molecule is NS(=O)(=O)Cc1cccc(Nc2ncnc(N3CCC[C@H]3Cc3ccccc3)n2)c1. The van der Waals surface area contributed by atoms with Crippen molar-refractivity contribution < 1.29 is 8.42 Å². The van der Waals surface area contributed by atoms with Crippen molar-refractivity contribution in [2.45, 2.75) is 31.1 Å². The summed E-state index contributed by atoms with van der Waals surface area (Å²) in [6.07, 6.45) is 4.64. The minimum Gasteiger partial charge on any atom is -0.337 e. The van der Waals surface area contributed by atoms with Gasteiger partial charge in [-0.15, -0.1) is 0 Å². The molecule has 2 heterocycles. The number of nitrogens with two attached hydrogens (primary N) is 1. The van der Waals surface area contributed by atoms with Gasteiger partial charge in [0.15, 0.2) is 0 Å². The summed E-state index contributed by atoms with van der Waals surface area (Å²) in [5.74, 6) is 0.838. The molecule has 1 aliphatic heterocycles. The van der Waals surface area contributed by atoms with Crippen LogP contribution in [0.4, 0.5) is 17.6 Å². The van der Waals surface area contributed by atoms with Crippen LogP contribution >= 0.6 is 0 Å². The number of hydrogen-bond donors (Lipinski definition) is 2. The predicted octanol–water partition coefficient (Wildman–Crippen LogP) is 2.62. The normalized spacial score (nSPS) is 16.6. The molecular weight excluding hydrogens is 400 g/mol. The smallest absolute Gasteiger partial charge is 0.231 e. The first-order valence-corrected chi connectivity index (χ1v) is 11.5. The Morgan fingerprint density at radius 1 is 1.07 bits per heavy atom. The van der Waals surface area contributed by atoms with Gasteiger partial charge in [-0.25, -0.2) is 23.5 Å². The van der Waals surface area contributed by atoms with Gasteiger partial charge in [0, 0.05) is 18.3 Å². The van der Waals surface area contributed by atoms with Crippen molar-refractivity contribution in [1.29, 1.82) is 0 Å². The Hall–Kier alpha value is -3.04. The van der Waals surface area contributed by atoms with Crippen molar-refractivity contribution in [3.63, 3.8) is 0 Å². The third-order valence-corrected chi connectivity index (χ3v) is 5.79. The van der Waals surface area contributed by atoms with Crippen molar-refractivity contribution in [2.75, 3.05) is 16.8 Å². The predicted molar refractivity (Wildman–Crippen MR) is 117 cm³/mol. The zero-order valence-corrected chi connectivity index (χ0v) is 17.3. The van der Waals surface area contributed by atoms with Gasteiger partial charge in [-0.1, -0.05) is 42.5 Å². The monoisotopic (exact) mass is 424 g/mol. The summed E-state index contributed by atoms with van der Waals surface area (Å²) in [5.41, 5.74) is 2.59. The summed E-state index contributed by atoms with van der Waals surface area (Å²) in [6.45, 7) is 0.908. The molecule has 9 heteroatoms. The van der Waals surface area contributed by atoms with E-state index < -0.39 is 10.0 Å². The number of benzene rings is 2. The molecule has 30 heavy (non-hydrogen) atoms. The van der Waals surface area contributed by atoms with Crippen molar-refractivity contribution >= 4 is 27.6 Å². The lowest BCUT2D eigenvalue weighted by atomic mass is 10.0. The summed E-state index contributed by atoms with van der Waals surface area (Å²) in [4.78, 5) is 15.4. The molecule has 4 rings (SSSR count). The molecule has 8 nitrogen and oxygen atoms in total. The van der Waals surface area contributed by atoms with Crippen LogP contribution < -0.4 is 15.4 Å². The molecule has 3 N–H and O–H groups in total. The van der Waals surface area contributed by atoms with Crippen molar-refractivity contribution in [1.82, 2.24) is 15.0 Å². The van der Waals surface area contributed by atoms with Crippen LogP contribution in [-0.4, -0.2) is 36.0 Å². The molecule has 0 unspecified atom stereocenters. The average molecular weight is 425 g/mol. The van der Waals surface area contributed by atoms with Gasteiger partial charge < -0.3 is 10.2 Å². The second kappa shape index (κ2) is 8.76. The van der Waals surface area contributed by atoms with Crippen LogP contribution in [0.25, 0.3) is 0 Å². The van der Waals surface area contributed by atoms with Gasteiger partial charge in [-0.05, 0) is 42.5 Å². The number of hydrogen-bond acceptors (Lipinski definition) is 7. The number of sulfonamides is 1. The largest absolute Gasteiger partial charge is 0.337 e. The molecular formula is C21H24N6O2S. The van der Waals surface area contributed by atoms with Gasteiger partial charge in [-0.2, -0.15) is 4.98 Å². The highest BCUT2D eigenvalue weighted by Crippen LogP contribution is 2.26. The zero-order valence-electron chi connectivity index (χ0n) is 16.5. The van der Waals surface area contributed by atoms with Gasteiger partial charge >= 0.3 is 0 Å². The van der Waals surface area contributed by atoms with Crippen LogP contribution in [0.15, 0.2) is 60.9 Å². The van der Waals surface area contributed by atoms with E-state index in [1.807, 2.05) is 12.1 Å². The van der Waals surface area contributed by atoms with Crippen molar-refractivity contribution in [2.24, 2.45) is 5.14 Å². The molecule has 0 aliphatic carbocycles. The molecule has 1 aliphatic rings. The van der Waals surface area contributed by atoms with E-state index in [2.05, 4.69) is 49.4 Å². The number of nitrogens with zero attached hydrogens (tertiary/aromatic N) is 4. The van der Waals surface area contributed by atoms with E-state index in [4.69, 9.17) is 5.14 Å². The Labute approximate surface area is 176 Å². The Morgan fingerprint density at radius 3 is 2.67 bits per heavy atom. The Morgan fingerprint density at radius 2 is 1.87 bits per heavy atom. The highest BCUT2D eigenvalue weighted by molar-refractivity contribution is 7.88. The van der Waals surface area contributed by atoms with Gasteiger partial charge in [-0.3, -0.25) is 0 Å². The van der Waals surface area contributed by atoms with Gasteiger partial charge in [0.2, 0.25) is 21.9 Å². The van der Waals surface area contributed by atoms with Crippen LogP contribution in [0.5, 0.6) is 0 Å². The molecule has 0 saturated carbocycles. The standard InChI is InChI=1S/C21H24N6O2S/c22-30(28,29)14-17-8-4-9-18(12-17)25-20-23-15-24-21(26-20)27-11-5-10-19(27)13-16-6-2-1-3-7-16/h1-4,6-9,12,15,19H,5,10-11,13-14H2,(H2,22,28,29)(H,23,24,25,26)/t19-/m0/s1. The van der Waals surface area contributed by atoms with E-state index in [-0.39, 0.29) is 5.75 Å². The quantitative estimate of drug-likeness (QED) is 0.599. The maximum atomic E-state index is 11.3. The van der Waals surface area contributed by atoms with Gasteiger partial charge in [0.1, 0.15) is 6.33 Å². The fraction of sp³-hybridized carbons (Fsp3) is 0.286. The first-order chi connectivity index (χ1) is 14.5. The molecule has 0 spiro atoms. The minimum absolute atomic E-state index is 0.222. The topological polar surface area (TPSA) is 114 Å². The molecule has 2 aromatic carbocycles. The highest BCUT2D eigenvalue weighted by Gasteiger charge is 2.27. The van der Waals surface area contributed by atoms with Crippen molar-refractivity contribution in [3.05, 3.63) is 72.1 Å². The molecule has 156 valence electrons. The van der Waals surface area contributed by atoms with Crippen LogP contribution in [0.1, 0.15) is 24.0 Å². The Kier molecular flexibility index (Phi) is 5.91. The molecule has 1 fully saturated rings. The van der Waals surface area contributed by atoms with E-state index in [1.165, 1.54) is 11.9 Å². The van der Waals surface area contributed by atoms with E-state index in [0.29, 0.717) is 29.2 Å². The number of anilines is 3. The van der Waals surface area contributed by atoms with Gasteiger partial charge in [0.25, 0.3) is 0 Å². The molecule has 3 aromatic rings. The fourth-order valence-corrected chi connectivity index (χ4v) is 4.43. The summed E-state index contributed by atoms with van der Waals surface area (Å²) < 4.78 is 22.7. The molecule has 1 aromatic heterocycles. The maximum absolute atomic E-state index is 11.3. The Balaban J connectivity index is 1.49. The summed E-state index contributed by atoms with van der Waals surface area (Å²) in [7, 11) is -3.59. The first-order valence-electron chi connectivity index (χ1n) is 9.82. The maximum Gasteiger partial charge on any atom is 0.231 e. The third kappa shape index (κ3) is 5.31. The number of nitrogens with one attached hydrogen (secondary N) is 1. The average Bonchev–Trinajstić information content (AvgIpc) is 3.16. The lowest BCUT2D eigenvalue weighted by Gasteiger charge is -2.24. The molecule has 0 amide bonds. The van der Waals surface area contributed by atoms with E-state index >= 15 is 0 Å².